The first-order valence-electron chi connectivity index (χ1n) is 13.2. The van der Waals surface area contributed by atoms with Crippen LogP contribution in [0.2, 0.25) is 0 Å². The second-order valence-corrected chi connectivity index (χ2v) is 10.2. The van der Waals surface area contributed by atoms with Crippen molar-refractivity contribution < 1.29 is 23.7 Å². The molecule has 8 heteroatoms. The molecule has 1 amide bonds. The molecule has 2 aromatic carbocycles. The summed E-state index contributed by atoms with van der Waals surface area (Å²) in [6.07, 6.45) is 5.69. The number of anilines is 1. The Morgan fingerprint density at radius 2 is 1.97 bits per heavy atom. The van der Waals surface area contributed by atoms with Gasteiger partial charge in [-0.1, -0.05) is 24.3 Å². The number of carbonyl (C=O) groups excluding carboxylic acids is 1. The fourth-order valence-corrected chi connectivity index (χ4v) is 5.80. The summed E-state index contributed by atoms with van der Waals surface area (Å²) in [4.78, 5) is 20.5. The Balaban J connectivity index is 1.24. The third-order valence-electron chi connectivity index (χ3n) is 7.98. The summed E-state index contributed by atoms with van der Waals surface area (Å²) in [6.45, 7) is 1.88. The number of likely N-dealkylation sites (tertiary alicyclic amines) is 1. The number of ether oxygens (including phenoxy) is 4. The maximum absolute atomic E-state index is 13.4. The molecule has 1 aliphatic carbocycles. The summed E-state index contributed by atoms with van der Waals surface area (Å²) < 4.78 is 22.0. The van der Waals surface area contributed by atoms with Crippen LogP contribution in [-0.2, 0) is 14.9 Å². The number of amides is 1. The molecule has 3 aromatic rings. The zero-order chi connectivity index (χ0) is 26.1. The lowest BCUT2D eigenvalue weighted by molar-refractivity contribution is -0.118. The first kappa shape index (κ1) is 24.7. The van der Waals surface area contributed by atoms with Crippen LogP contribution in [0.15, 0.2) is 60.8 Å². The minimum Gasteiger partial charge on any atom is -0.497 e. The molecule has 38 heavy (non-hydrogen) atoms. The number of carbonyl (C=O) groups is 1. The van der Waals surface area contributed by atoms with Gasteiger partial charge in [0.1, 0.15) is 11.6 Å². The van der Waals surface area contributed by atoms with E-state index in [9.17, 15) is 4.79 Å². The van der Waals surface area contributed by atoms with Crippen LogP contribution in [0.5, 0.6) is 17.2 Å². The topological polar surface area (TPSA) is 82.2 Å². The van der Waals surface area contributed by atoms with Gasteiger partial charge < -0.3 is 24.3 Å². The highest BCUT2D eigenvalue weighted by molar-refractivity contribution is 6.01. The molecule has 1 saturated carbocycles. The largest absolute Gasteiger partial charge is 0.497 e. The second kappa shape index (κ2) is 10.3. The number of benzene rings is 2. The monoisotopic (exact) mass is 515 g/mol. The van der Waals surface area contributed by atoms with Crippen molar-refractivity contribution in [3.8, 4) is 17.2 Å². The van der Waals surface area contributed by atoms with Crippen LogP contribution < -0.4 is 19.5 Å². The van der Waals surface area contributed by atoms with Gasteiger partial charge in [0.2, 0.25) is 12.7 Å². The molecule has 1 aromatic heterocycles. The third kappa shape index (κ3) is 4.59. The molecule has 0 spiro atoms. The van der Waals surface area contributed by atoms with E-state index in [0.717, 1.165) is 60.4 Å². The molecule has 2 aliphatic heterocycles. The number of aromatic nitrogens is 1. The first-order chi connectivity index (χ1) is 18.6. The number of nitrogens with zero attached hydrogens (tertiary/aromatic N) is 2. The van der Waals surface area contributed by atoms with Crippen LogP contribution in [-0.4, -0.2) is 56.0 Å². The Morgan fingerprint density at radius 3 is 2.74 bits per heavy atom. The minimum absolute atomic E-state index is 0.00779. The summed E-state index contributed by atoms with van der Waals surface area (Å²) in [6, 6.07) is 18.3. The van der Waals surface area contributed by atoms with Crippen LogP contribution in [0.4, 0.5) is 5.82 Å². The van der Waals surface area contributed by atoms with E-state index in [-0.39, 0.29) is 18.7 Å². The van der Waals surface area contributed by atoms with Crippen molar-refractivity contribution in [2.45, 2.75) is 43.2 Å². The minimum atomic E-state index is -0.548. The van der Waals surface area contributed by atoms with Crippen molar-refractivity contribution in [2.24, 2.45) is 0 Å². The van der Waals surface area contributed by atoms with Crippen LogP contribution in [0.1, 0.15) is 48.4 Å². The van der Waals surface area contributed by atoms with E-state index in [1.165, 1.54) is 0 Å². The van der Waals surface area contributed by atoms with Crippen molar-refractivity contribution in [3.05, 3.63) is 77.5 Å². The van der Waals surface area contributed by atoms with Crippen molar-refractivity contribution in [2.75, 3.05) is 39.5 Å². The van der Waals surface area contributed by atoms with E-state index in [4.69, 9.17) is 18.9 Å². The molecule has 8 nitrogen and oxygen atoms in total. The normalized spacial score (nSPS) is 20.2. The molecular formula is C30H33N3O5. The zero-order valence-corrected chi connectivity index (χ0v) is 21.8. The van der Waals surface area contributed by atoms with Gasteiger partial charge in [-0.2, -0.15) is 0 Å². The number of nitrogens with one attached hydrogen (secondary N) is 1. The maximum Gasteiger partial charge on any atom is 0.236 e. The number of pyridine rings is 1. The van der Waals surface area contributed by atoms with Gasteiger partial charge in [-0.05, 0) is 79.3 Å². The van der Waals surface area contributed by atoms with E-state index in [1.54, 1.807) is 14.2 Å². The van der Waals surface area contributed by atoms with Crippen molar-refractivity contribution in [3.63, 3.8) is 0 Å². The Bertz CT molecular complexity index is 1310. The zero-order valence-electron chi connectivity index (χ0n) is 21.8. The lowest BCUT2D eigenvalue weighted by Gasteiger charge is -2.33. The molecule has 1 saturated heterocycles. The van der Waals surface area contributed by atoms with Crippen molar-refractivity contribution in [1.82, 2.24) is 9.88 Å². The van der Waals surface area contributed by atoms with E-state index in [0.29, 0.717) is 24.2 Å². The number of rotatable bonds is 9. The summed E-state index contributed by atoms with van der Waals surface area (Å²) in [5.74, 6) is 2.75. The average Bonchev–Trinajstić information content (AvgIpc) is 3.42. The molecule has 198 valence electrons. The second-order valence-electron chi connectivity index (χ2n) is 10.2. The highest BCUT2D eigenvalue weighted by atomic mass is 16.7. The number of fused-ring (bicyclic) bond motifs is 1. The Labute approximate surface area is 222 Å². The fourth-order valence-electron chi connectivity index (χ4n) is 5.80. The molecule has 2 unspecified atom stereocenters. The smallest absolute Gasteiger partial charge is 0.236 e. The highest BCUT2D eigenvalue weighted by Gasteiger charge is 2.51. The molecule has 2 fully saturated rings. The fraction of sp³-hybridized carbons (Fsp3) is 0.400. The van der Waals surface area contributed by atoms with Crippen LogP contribution in [0, 0.1) is 0 Å². The Hall–Kier alpha value is -3.62. The molecule has 0 bridgehead atoms. The van der Waals surface area contributed by atoms with Gasteiger partial charge >= 0.3 is 0 Å². The van der Waals surface area contributed by atoms with E-state index < -0.39 is 5.41 Å². The van der Waals surface area contributed by atoms with Gasteiger partial charge in [0.25, 0.3) is 0 Å². The van der Waals surface area contributed by atoms with E-state index in [1.807, 2.05) is 42.6 Å². The first-order valence-corrected chi connectivity index (χ1v) is 13.2. The highest BCUT2D eigenvalue weighted by Crippen LogP contribution is 2.51. The van der Waals surface area contributed by atoms with E-state index >= 15 is 0 Å². The lowest BCUT2D eigenvalue weighted by atomic mass is 9.94. The standard InChI is InChI=1S/C30H33N3O5/c1-35-18-23-6-4-14-33(23)28(20-5-3-7-24(15-20)36-2)21-8-11-27(31-17-21)32-29(34)30(12-13-30)22-9-10-25-26(16-22)38-19-37-25/h3,5,7-11,15-17,23,28H,4,6,12-14,18-19H2,1-2H3,(H,31,32,34). The molecule has 0 radical (unpaired) electrons. The predicted octanol–water partition coefficient (Wildman–Crippen LogP) is 4.69. The molecule has 3 heterocycles. The molecular weight excluding hydrogens is 482 g/mol. The molecule has 6 rings (SSSR count). The number of methoxy groups -OCH3 is 2. The SMILES string of the molecule is COCC1CCCN1C(c1ccc(NC(=O)C2(c3ccc4c(c3)OCO4)CC2)nc1)c1cccc(OC)c1. The summed E-state index contributed by atoms with van der Waals surface area (Å²) in [5, 5.41) is 3.06. The van der Waals surface area contributed by atoms with Crippen LogP contribution in [0.3, 0.4) is 0 Å². The lowest BCUT2D eigenvalue weighted by Crippen LogP contribution is -2.37. The van der Waals surface area contributed by atoms with E-state index in [2.05, 4.69) is 33.4 Å². The third-order valence-corrected chi connectivity index (χ3v) is 7.98. The van der Waals surface area contributed by atoms with Crippen LogP contribution >= 0.6 is 0 Å². The summed E-state index contributed by atoms with van der Waals surface area (Å²) >= 11 is 0. The number of hydrogen-bond acceptors (Lipinski definition) is 7. The predicted molar refractivity (Wildman–Crippen MR) is 143 cm³/mol. The van der Waals surface area contributed by atoms with Gasteiger partial charge in [-0.25, -0.2) is 4.98 Å². The number of hydrogen-bond donors (Lipinski definition) is 1. The maximum atomic E-state index is 13.4. The van der Waals surface area contributed by atoms with Crippen molar-refractivity contribution >= 4 is 11.7 Å². The van der Waals surface area contributed by atoms with Gasteiger partial charge in [-0.15, -0.1) is 0 Å². The Kier molecular flexibility index (Phi) is 6.68. The summed E-state index contributed by atoms with van der Waals surface area (Å²) in [7, 11) is 3.44. The molecule has 3 aliphatic rings. The molecule has 1 N–H and O–H groups in total. The Morgan fingerprint density at radius 1 is 1.11 bits per heavy atom. The van der Waals surface area contributed by atoms with Gasteiger partial charge in [0, 0.05) is 19.3 Å². The van der Waals surface area contributed by atoms with Gasteiger partial charge in [-0.3, -0.25) is 9.69 Å². The molecule has 2 atom stereocenters. The van der Waals surface area contributed by atoms with Gasteiger partial charge in [0.05, 0.1) is 25.2 Å². The average molecular weight is 516 g/mol. The quantitative estimate of drug-likeness (QED) is 0.443. The van der Waals surface area contributed by atoms with Crippen molar-refractivity contribution in [1.29, 1.82) is 0 Å². The van der Waals surface area contributed by atoms with Gasteiger partial charge in [0.15, 0.2) is 11.5 Å². The van der Waals surface area contributed by atoms with Crippen LogP contribution in [0.25, 0.3) is 0 Å². The summed E-state index contributed by atoms with van der Waals surface area (Å²) in [5.41, 5.74) is 2.61.